The Morgan fingerprint density at radius 2 is 2.00 bits per heavy atom. The Balaban J connectivity index is -0.00000120. The third-order valence-corrected chi connectivity index (χ3v) is 4.83. The summed E-state index contributed by atoms with van der Waals surface area (Å²) in [5.41, 5.74) is -1.61. The maximum atomic E-state index is 12.2. The first kappa shape index (κ1) is 23.1. The molecular weight excluding hydrogens is 463 g/mol. The van der Waals surface area contributed by atoms with Crippen molar-refractivity contribution in [1.29, 1.82) is 0 Å². The number of methoxy groups -OCH3 is 1. The number of nitrogens with one attached hydrogen (secondary N) is 1. The van der Waals surface area contributed by atoms with Crippen LogP contribution in [0.4, 0.5) is 0 Å². The molecule has 0 spiro atoms. The molecule has 0 aromatic heterocycles. The molecule has 7 heteroatoms. The topological polar surface area (TPSA) is 108 Å². The first-order valence-electron chi connectivity index (χ1n) is 6.52. The molecule has 0 aliphatic heterocycles. The summed E-state index contributed by atoms with van der Waals surface area (Å²) in [5.74, 6) is -1.56. The van der Waals surface area contributed by atoms with Crippen LogP contribution in [0.1, 0.15) is 35.0 Å². The van der Waals surface area contributed by atoms with Gasteiger partial charge < -0.3 is 32.4 Å². The fourth-order valence-corrected chi connectivity index (χ4v) is 2.75. The number of amides is 1. The smallest absolute Gasteiger partial charge is 0.870 e. The Kier molecular flexibility index (Phi) is 9.26. The van der Waals surface area contributed by atoms with Gasteiger partial charge in [0.25, 0.3) is 0 Å². The van der Waals surface area contributed by atoms with Crippen LogP contribution in [0.15, 0.2) is 0 Å². The average Bonchev–Trinajstić information content (AvgIpc) is 2.58. The second-order valence-corrected chi connectivity index (χ2v) is 6.04. The van der Waals surface area contributed by atoms with Gasteiger partial charge in [-0.25, -0.2) is 0 Å². The maximum absolute atomic E-state index is 12.2. The zero-order chi connectivity index (χ0) is 14.8. The van der Waals surface area contributed by atoms with Gasteiger partial charge in [-0.15, -0.1) is 0 Å². The van der Waals surface area contributed by atoms with E-state index in [0.29, 0.717) is 19.4 Å². The molecule has 0 radical (unpaired) electrons. The molecular formula is C14H25HgNO5. The van der Waals surface area contributed by atoms with Gasteiger partial charge in [-0.1, -0.05) is 20.8 Å². The van der Waals surface area contributed by atoms with Gasteiger partial charge in [0.2, 0.25) is 5.91 Å². The number of carboxylic acid groups (broad SMARTS) is 1. The van der Waals surface area contributed by atoms with Gasteiger partial charge in [0.05, 0.1) is 0 Å². The van der Waals surface area contributed by atoms with Gasteiger partial charge in [-0.3, -0.25) is 4.79 Å². The number of hydrogen-bond donors (Lipinski definition) is 1. The Hall–Kier alpha value is -0.205. The average molecular weight is 488 g/mol. The molecule has 0 aromatic rings. The molecule has 3 unspecified atom stereocenters. The van der Waals surface area contributed by atoms with E-state index >= 15 is 0 Å². The first-order chi connectivity index (χ1) is 8.66. The van der Waals surface area contributed by atoms with Crippen molar-refractivity contribution in [3.05, 3.63) is 6.92 Å². The predicted molar refractivity (Wildman–Crippen MR) is 71.8 cm³/mol. The number of ether oxygens (including phenoxy) is 1. The van der Waals surface area contributed by atoms with Crippen LogP contribution in [0.2, 0.25) is 0 Å². The van der Waals surface area contributed by atoms with Crippen LogP contribution in [0, 0.1) is 23.7 Å². The Morgan fingerprint density at radius 3 is 2.38 bits per heavy atom. The molecule has 2 N–H and O–H groups in total. The van der Waals surface area contributed by atoms with E-state index in [-0.39, 0.29) is 52.5 Å². The fraction of sp³-hybridized carbons (Fsp3) is 0.786. The monoisotopic (exact) mass is 489 g/mol. The van der Waals surface area contributed by atoms with Crippen molar-refractivity contribution >= 4 is 11.9 Å². The number of aliphatic carboxylic acids is 1. The van der Waals surface area contributed by atoms with E-state index in [1.807, 2.05) is 13.8 Å². The van der Waals surface area contributed by atoms with Crippen molar-refractivity contribution < 1.29 is 54.0 Å². The molecule has 118 valence electrons. The Morgan fingerprint density at radius 1 is 1.48 bits per heavy atom. The van der Waals surface area contributed by atoms with E-state index in [0.717, 1.165) is 0 Å². The second kappa shape index (κ2) is 8.43. The third kappa shape index (κ3) is 4.39. The van der Waals surface area contributed by atoms with Crippen LogP contribution in [0.25, 0.3) is 0 Å². The molecule has 1 aliphatic carbocycles. The molecule has 1 saturated carbocycles. The summed E-state index contributed by atoms with van der Waals surface area (Å²) in [6.45, 7) is 9.33. The number of carbonyl (C=O) groups excluding carboxylic acids is 2. The van der Waals surface area contributed by atoms with Gasteiger partial charge in [0.15, 0.2) is 0 Å². The van der Waals surface area contributed by atoms with Gasteiger partial charge >= 0.3 is 29.1 Å². The van der Waals surface area contributed by atoms with E-state index in [1.54, 1.807) is 6.92 Å². The quantitative estimate of drug-likeness (QED) is 0.436. The van der Waals surface area contributed by atoms with Crippen LogP contribution in [-0.4, -0.2) is 37.1 Å². The van der Waals surface area contributed by atoms with E-state index in [1.165, 1.54) is 7.11 Å². The third-order valence-electron chi connectivity index (χ3n) is 4.83. The van der Waals surface area contributed by atoms with Crippen LogP contribution in [0.3, 0.4) is 0 Å². The minimum Gasteiger partial charge on any atom is -0.870 e. The molecule has 1 fully saturated rings. The first-order valence-corrected chi connectivity index (χ1v) is 6.52. The molecule has 0 saturated heterocycles. The van der Waals surface area contributed by atoms with E-state index in [2.05, 4.69) is 12.2 Å². The summed E-state index contributed by atoms with van der Waals surface area (Å²) in [6, 6.07) is 0. The minimum atomic E-state index is -1.08. The number of hydrogen-bond acceptors (Lipinski definition) is 5. The summed E-state index contributed by atoms with van der Waals surface area (Å²) in [6.07, 6.45) is 0.706. The second-order valence-electron chi connectivity index (χ2n) is 6.04. The largest absolute Gasteiger partial charge is 2.00 e. The minimum absolute atomic E-state index is 0. The molecule has 0 aromatic carbocycles. The summed E-state index contributed by atoms with van der Waals surface area (Å²) in [7, 11) is 1.52. The molecule has 1 aliphatic rings. The SMILES string of the molecule is [CH2-]C(CNC(=O)C1CCC(C)(C(=O)[O-])C1(C)C)OC.[H+].[Hg+2].[OH-]. The van der Waals surface area contributed by atoms with E-state index < -0.39 is 16.8 Å². The van der Waals surface area contributed by atoms with Crippen LogP contribution < -0.4 is 10.4 Å². The summed E-state index contributed by atoms with van der Waals surface area (Å²) < 4.78 is 4.96. The molecule has 21 heavy (non-hydrogen) atoms. The van der Waals surface area contributed by atoms with Crippen molar-refractivity contribution in [2.45, 2.75) is 39.7 Å². The molecule has 0 bridgehead atoms. The summed E-state index contributed by atoms with van der Waals surface area (Å²) in [5, 5.41) is 14.1. The number of carbonyl (C=O) groups is 2. The normalized spacial score (nSPS) is 28.0. The van der Waals surface area contributed by atoms with E-state index in [4.69, 9.17) is 4.74 Å². The van der Waals surface area contributed by atoms with Crippen molar-refractivity contribution in [2.75, 3.05) is 13.7 Å². The zero-order valence-corrected chi connectivity index (χ0v) is 18.8. The molecule has 3 atom stereocenters. The van der Waals surface area contributed by atoms with Gasteiger partial charge in [0.1, 0.15) is 0 Å². The number of carboxylic acids is 1. The fourth-order valence-electron chi connectivity index (χ4n) is 2.75. The molecule has 1 rings (SSSR count). The summed E-state index contributed by atoms with van der Waals surface area (Å²) in [4.78, 5) is 23.5. The maximum Gasteiger partial charge on any atom is 2.00 e. The van der Waals surface area contributed by atoms with Crippen LogP contribution >= 0.6 is 0 Å². The molecule has 6 nitrogen and oxygen atoms in total. The summed E-state index contributed by atoms with van der Waals surface area (Å²) >= 11 is 0. The van der Waals surface area contributed by atoms with Crippen molar-refractivity contribution in [2.24, 2.45) is 16.7 Å². The Labute approximate surface area is 148 Å². The standard InChI is InChI=1S/C14H24NO4.Hg.H2O/c1-9(19-5)8-15-11(16)10-6-7-14(4,12(17)18)13(10,2)3;;/h9-10H,1,6-8H2,2-5H3,(H,15,16)(H,17,18);;1H2/q-1;+2;/p-1. The predicted octanol–water partition coefficient (Wildman–Crippen LogP) is 0.0773. The van der Waals surface area contributed by atoms with Gasteiger partial charge in [0, 0.05) is 31.0 Å². The molecule has 1 amide bonds. The Bertz CT molecular complexity index is 380. The number of rotatable bonds is 5. The van der Waals surface area contributed by atoms with Crippen molar-refractivity contribution in [1.82, 2.24) is 5.32 Å². The van der Waals surface area contributed by atoms with Crippen molar-refractivity contribution in [3.8, 4) is 0 Å². The van der Waals surface area contributed by atoms with Crippen molar-refractivity contribution in [3.63, 3.8) is 0 Å². The van der Waals surface area contributed by atoms with Crippen LogP contribution in [-0.2, 0) is 42.0 Å². The van der Waals surface area contributed by atoms with Gasteiger partial charge in [-0.2, -0.15) is 0 Å². The van der Waals surface area contributed by atoms with E-state index in [9.17, 15) is 14.7 Å². The molecule has 0 heterocycles. The van der Waals surface area contributed by atoms with Gasteiger partial charge in [-0.05, 0) is 24.4 Å². The zero-order valence-electron chi connectivity index (χ0n) is 14.3. The van der Waals surface area contributed by atoms with Crippen LogP contribution in [0.5, 0.6) is 0 Å².